The van der Waals surface area contributed by atoms with Crippen LogP contribution in [-0.2, 0) is 16.1 Å². The monoisotopic (exact) mass is 488 g/mol. The van der Waals surface area contributed by atoms with Crippen LogP contribution in [0.2, 0.25) is 0 Å². The van der Waals surface area contributed by atoms with Crippen molar-refractivity contribution in [2.45, 2.75) is 51.5 Å². The Kier molecular flexibility index (Phi) is 6.92. The first kappa shape index (κ1) is 24.3. The summed E-state index contributed by atoms with van der Waals surface area (Å²) in [6.07, 6.45) is 5.65. The van der Waals surface area contributed by atoms with E-state index in [1.807, 2.05) is 39.8 Å². The summed E-state index contributed by atoms with van der Waals surface area (Å²) in [5, 5.41) is 10.7. The molecule has 0 spiro atoms. The topological polar surface area (TPSA) is 88.8 Å². The van der Waals surface area contributed by atoms with Crippen LogP contribution >= 0.6 is 0 Å². The zero-order valence-electron chi connectivity index (χ0n) is 20.7. The third kappa shape index (κ3) is 4.67. The first-order chi connectivity index (χ1) is 17.4. The molecule has 2 aliphatic rings. The number of hydrogen-bond acceptors (Lipinski definition) is 4. The van der Waals surface area contributed by atoms with E-state index in [0.717, 1.165) is 47.8 Å². The molecule has 1 aliphatic carbocycles. The lowest BCUT2D eigenvalue weighted by Gasteiger charge is -2.28. The molecule has 2 aromatic carbocycles. The molecule has 0 radical (unpaired) electrons. The molecule has 7 nitrogen and oxygen atoms in total. The Bertz CT molecular complexity index is 1300. The molecule has 188 valence electrons. The zero-order valence-corrected chi connectivity index (χ0v) is 20.7. The molecular weight excluding hydrogens is 456 g/mol. The van der Waals surface area contributed by atoms with Crippen molar-refractivity contribution in [2.75, 3.05) is 26.3 Å². The number of morpholine rings is 1. The van der Waals surface area contributed by atoms with Gasteiger partial charge in [0.2, 0.25) is 5.91 Å². The molecule has 0 unspecified atom stereocenters. The number of hydrogen-bond donors (Lipinski definition) is 1. The van der Waals surface area contributed by atoms with Crippen molar-refractivity contribution in [3.8, 4) is 11.3 Å². The molecule has 0 atom stereocenters. The number of Topliss-reactive ketones (excluding diaryl/α,β-unsaturated/α-hetero) is 1. The number of ether oxygens (including phenoxy) is 1. The van der Waals surface area contributed by atoms with Gasteiger partial charge in [-0.2, -0.15) is 0 Å². The predicted molar refractivity (Wildman–Crippen MR) is 138 cm³/mol. The Morgan fingerprint density at radius 3 is 2.25 bits per heavy atom. The summed E-state index contributed by atoms with van der Waals surface area (Å²) in [5.41, 5.74) is 4.68. The number of aromatic carboxylic acids is 1. The first-order valence-corrected chi connectivity index (χ1v) is 12.8. The molecule has 3 aromatic rings. The average Bonchev–Trinajstić information content (AvgIpc) is 3.22. The maximum Gasteiger partial charge on any atom is 0.335 e. The minimum Gasteiger partial charge on any atom is -0.478 e. The van der Waals surface area contributed by atoms with Crippen molar-refractivity contribution in [1.82, 2.24) is 9.47 Å². The average molecular weight is 489 g/mol. The largest absolute Gasteiger partial charge is 0.478 e. The minimum absolute atomic E-state index is 0.00296. The van der Waals surface area contributed by atoms with Crippen molar-refractivity contribution in [3.05, 3.63) is 59.2 Å². The van der Waals surface area contributed by atoms with Gasteiger partial charge in [0, 0.05) is 24.0 Å². The molecular formula is C29H32N2O5. The molecule has 7 heteroatoms. The van der Waals surface area contributed by atoms with Crippen LogP contribution in [0.4, 0.5) is 0 Å². The maximum absolute atomic E-state index is 13.4. The summed E-state index contributed by atoms with van der Waals surface area (Å²) in [4.78, 5) is 39.0. The summed E-state index contributed by atoms with van der Waals surface area (Å²) >= 11 is 0. The summed E-state index contributed by atoms with van der Waals surface area (Å²) in [6.45, 7) is 3.82. The highest BCUT2D eigenvalue weighted by Gasteiger charge is 2.29. The molecule has 2 fully saturated rings. The van der Waals surface area contributed by atoms with Gasteiger partial charge in [-0.05, 0) is 48.9 Å². The molecule has 1 amide bonds. The van der Waals surface area contributed by atoms with E-state index >= 15 is 0 Å². The lowest BCUT2D eigenvalue weighted by atomic mass is 9.81. The predicted octanol–water partition coefficient (Wildman–Crippen LogP) is 5.12. The van der Waals surface area contributed by atoms with Crippen LogP contribution < -0.4 is 0 Å². The van der Waals surface area contributed by atoms with Gasteiger partial charge in [-0.15, -0.1) is 0 Å². The van der Waals surface area contributed by atoms with Crippen LogP contribution in [0.15, 0.2) is 42.5 Å². The Balaban J connectivity index is 1.72. The number of carbonyl (C=O) groups excluding carboxylic acids is 2. The third-order valence-electron chi connectivity index (χ3n) is 7.59. The van der Waals surface area contributed by atoms with Crippen molar-refractivity contribution in [3.63, 3.8) is 0 Å². The summed E-state index contributed by atoms with van der Waals surface area (Å²) < 4.78 is 7.43. The van der Waals surface area contributed by atoms with Gasteiger partial charge < -0.3 is 19.3 Å². The van der Waals surface area contributed by atoms with Gasteiger partial charge in [-0.25, -0.2) is 4.79 Å². The Morgan fingerprint density at radius 2 is 1.61 bits per heavy atom. The van der Waals surface area contributed by atoms with Crippen LogP contribution in [0.5, 0.6) is 0 Å². The number of carboxylic acid groups (broad SMARTS) is 1. The molecule has 5 rings (SSSR count). The minimum atomic E-state index is -0.990. The van der Waals surface area contributed by atoms with Gasteiger partial charge >= 0.3 is 5.97 Å². The van der Waals surface area contributed by atoms with Crippen LogP contribution in [0.1, 0.15) is 71.2 Å². The van der Waals surface area contributed by atoms with Gasteiger partial charge in [0.15, 0.2) is 5.78 Å². The smallest absolute Gasteiger partial charge is 0.335 e. The highest BCUT2D eigenvalue weighted by molar-refractivity contribution is 5.99. The molecule has 2 heterocycles. The molecule has 0 bridgehead atoms. The number of aromatic nitrogens is 1. The Hall–Kier alpha value is -3.45. The molecule has 1 saturated heterocycles. The van der Waals surface area contributed by atoms with E-state index in [4.69, 9.17) is 4.74 Å². The van der Waals surface area contributed by atoms with Gasteiger partial charge in [-0.1, -0.05) is 49.6 Å². The number of benzene rings is 2. The summed E-state index contributed by atoms with van der Waals surface area (Å²) in [6, 6.07) is 12.8. The van der Waals surface area contributed by atoms with E-state index in [0.29, 0.717) is 37.8 Å². The van der Waals surface area contributed by atoms with Gasteiger partial charge in [0.25, 0.3) is 0 Å². The summed E-state index contributed by atoms with van der Waals surface area (Å²) in [7, 11) is 0. The van der Waals surface area contributed by atoms with Crippen LogP contribution in [0.25, 0.3) is 22.2 Å². The molecule has 1 aliphatic heterocycles. The second kappa shape index (κ2) is 10.3. The van der Waals surface area contributed by atoms with Crippen LogP contribution in [0.3, 0.4) is 0 Å². The number of ketones is 1. The second-order valence-electron chi connectivity index (χ2n) is 9.85. The molecule has 1 saturated carbocycles. The van der Waals surface area contributed by atoms with Gasteiger partial charge in [-0.3, -0.25) is 9.59 Å². The normalized spacial score (nSPS) is 16.9. The van der Waals surface area contributed by atoms with E-state index in [2.05, 4.69) is 0 Å². The SMILES string of the molecule is CC(=O)c1ccc(-c2c(C3CCCCC3)c3ccc(C(=O)O)cc3n2CC(=O)N2CCOCC2)cc1. The first-order valence-electron chi connectivity index (χ1n) is 12.8. The lowest BCUT2D eigenvalue weighted by molar-refractivity contribution is -0.135. The van der Waals surface area contributed by atoms with E-state index in [-0.39, 0.29) is 23.8 Å². The van der Waals surface area contributed by atoms with Crippen molar-refractivity contribution < 1.29 is 24.2 Å². The number of nitrogens with zero attached hydrogens (tertiary/aromatic N) is 2. The second-order valence-corrected chi connectivity index (χ2v) is 9.85. The van der Waals surface area contributed by atoms with E-state index in [1.54, 1.807) is 19.1 Å². The van der Waals surface area contributed by atoms with Crippen LogP contribution in [0, 0.1) is 0 Å². The highest BCUT2D eigenvalue weighted by Crippen LogP contribution is 2.44. The molecule has 1 aromatic heterocycles. The van der Waals surface area contributed by atoms with E-state index in [9.17, 15) is 19.5 Å². The summed E-state index contributed by atoms with van der Waals surface area (Å²) in [5.74, 6) is -0.661. The fourth-order valence-corrected chi connectivity index (χ4v) is 5.70. The van der Waals surface area contributed by atoms with Crippen molar-refractivity contribution in [1.29, 1.82) is 0 Å². The third-order valence-corrected chi connectivity index (χ3v) is 7.59. The fourth-order valence-electron chi connectivity index (χ4n) is 5.70. The van der Waals surface area contributed by atoms with Gasteiger partial charge in [0.1, 0.15) is 6.54 Å². The number of carboxylic acids is 1. The quantitative estimate of drug-likeness (QED) is 0.487. The van der Waals surface area contributed by atoms with E-state index < -0.39 is 5.97 Å². The maximum atomic E-state index is 13.4. The number of carbonyl (C=O) groups is 3. The highest BCUT2D eigenvalue weighted by atomic mass is 16.5. The number of rotatable bonds is 6. The van der Waals surface area contributed by atoms with Crippen LogP contribution in [-0.4, -0.2) is 58.5 Å². The van der Waals surface area contributed by atoms with Crippen molar-refractivity contribution in [2.24, 2.45) is 0 Å². The molecule has 36 heavy (non-hydrogen) atoms. The Labute approximate surface area is 210 Å². The van der Waals surface area contributed by atoms with Gasteiger partial charge in [0.05, 0.1) is 30.0 Å². The number of amides is 1. The lowest BCUT2D eigenvalue weighted by Crippen LogP contribution is -2.42. The zero-order chi connectivity index (χ0) is 25.2. The molecule has 1 N–H and O–H groups in total. The fraction of sp³-hybridized carbons (Fsp3) is 0.414. The Morgan fingerprint density at radius 1 is 0.944 bits per heavy atom. The van der Waals surface area contributed by atoms with Crippen molar-refractivity contribution >= 4 is 28.6 Å². The standard InChI is InChI=1S/C29H32N2O5/c1-19(32)20-7-9-22(10-8-20)28-27(21-5-3-2-4-6-21)24-12-11-23(29(34)35)17-25(24)31(28)18-26(33)30-13-15-36-16-14-30/h7-12,17,21H,2-6,13-16,18H2,1H3,(H,34,35). The van der Waals surface area contributed by atoms with E-state index in [1.165, 1.54) is 12.0 Å². The number of fused-ring (bicyclic) bond motifs is 1.